The summed E-state index contributed by atoms with van der Waals surface area (Å²) in [6, 6.07) is 0. The average Bonchev–Trinajstić information content (AvgIpc) is 2.81. The first-order chi connectivity index (χ1) is 16.9. The van der Waals surface area contributed by atoms with E-state index in [4.69, 9.17) is 9.98 Å². The molecule has 4 unspecified atom stereocenters. The van der Waals surface area contributed by atoms with Crippen LogP contribution in [0.1, 0.15) is 110 Å². The highest BCUT2D eigenvalue weighted by Gasteiger charge is 2.40. The van der Waals surface area contributed by atoms with Gasteiger partial charge in [-0.1, -0.05) is 62.0 Å². The molecule has 0 amide bonds. The number of nitrogens with zero attached hydrogens (tertiary/aromatic N) is 2. The fourth-order valence-corrected chi connectivity index (χ4v) is 9.16. The Bertz CT molecular complexity index is 712. The fraction of sp³-hybridized carbons (Fsp3) is 0.931. The van der Waals surface area contributed by atoms with E-state index >= 15 is 0 Å². The van der Waals surface area contributed by atoms with Gasteiger partial charge in [0.2, 0.25) is 0 Å². The summed E-state index contributed by atoms with van der Waals surface area (Å²) in [5, 5.41) is 9.85. The number of unbranched alkanes of at least 4 members (excludes halogenated alkanes) is 2. The molecule has 200 valence electrons. The zero-order valence-corrected chi connectivity index (χ0v) is 24.7. The van der Waals surface area contributed by atoms with Crippen LogP contribution in [0.2, 0.25) is 0 Å². The van der Waals surface area contributed by atoms with Crippen LogP contribution in [0.15, 0.2) is 9.98 Å². The van der Waals surface area contributed by atoms with Gasteiger partial charge in [-0.25, -0.2) is 0 Å². The first-order valence-electron chi connectivity index (χ1n) is 14.6. The predicted octanol–water partition coefficient (Wildman–Crippen LogP) is 7.49. The number of fused-ring (bicyclic) bond motifs is 4. The van der Waals surface area contributed by atoms with Crippen molar-refractivity contribution in [2.75, 3.05) is 25.6 Å². The third-order valence-electron chi connectivity index (χ3n) is 9.25. The Hall–Kier alpha value is -0.360. The minimum absolute atomic E-state index is 0.156. The highest BCUT2D eigenvalue weighted by molar-refractivity contribution is 8.13. The van der Waals surface area contributed by atoms with Gasteiger partial charge in [-0.3, -0.25) is 9.98 Å². The fourth-order valence-electron chi connectivity index (χ4n) is 8.03. The number of hydrogen-bond acceptors (Lipinski definition) is 4. The van der Waals surface area contributed by atoms with Crippen molar-refractivity contribution < 1.29 is 0 Å². The molecule has 35 heavy (non-hydrogen) atoms. The number of rotatable bonds is 8. The summed E-state index contributed by atoms with van der Waals surface area (Å²) in [7, 11) is 0. The normalized spacial score (nSPS) is 37.7. The van der Waals surface area contributed by atoms with E-state index in [1.165, 1.54) is 96.3 Å². The summed E-state index contributed by atoms with van der Waals surface area (Å²) in [6.07, 6.45) is 24.7. The molecule has 0 spiro atoms. The topological polar surface area (TPSA) is 48.8 Å². The maximum atomic E-state index is 5.26. The van der Waals surface area contributed by atoms with Gasteiger partial charge in [0.1, 0.15) is 0 Å². The number of aliphatic imine (C=N–C) groups is 2. The van der Waals surface area contributed by atoms with E-state index in [9.17, 15) is 0 Å². The molecule has 4 rings (SSSR count). The molecule has 2 N–H and O–H groups in total. The molecular formula is C29H52N4S2. The maximum Gasteiger partial charge on any atom is 0.156 e. The highest BCUT2D eigenvalue weighted by Crippen LogP contribution is 2.46. The summed E-state index contributed by atoms with van der Waals surface area (Å²) in [4.78, 5) is 10.2. The smallest absolute Gasteiger partial charge is 0.156 e. The lowest BCUT2D eigenvalue weighted by molar-refractivity contribution is 0.113. The van der Waals surface area contributed by atoms with Crippen LogP contribution < -0.4 is 10.6 Å². The van der Waals surface area contributed by atoms with Crippen LogP contribution in [0.5, 0.6) is 0 Å². The Morgan fingerprint density at radius 3 is 1.91 bits per heavy atom. The zero-order valence-electron chi connectivity index (χ0n) is 23.0. The van der Waals surface area contributed by atoms with E-state index in [1.807, 2.05) is 0 Å². The third kappa shape index (κ3) is 8.32. The quantitative estimate of drug-likeness (QED) is 0.198. The lowest BCUT2D eigenvalue weighted by atomic mass is 9.65. The summed E-state index contributed by atoms with van der Waals surface area (Å²) in [5.74, 6) is 3.71. The van der Waals surface area contributed by atoms with Gasteiger partial charge in [0, 0.05) is 18.6 Å². The van der Waals surface area contributed by atoms with Gasteiger partial charge < -0.3 is 10.6 Å². The molecule has 4 saturated carbocycles. The van der Waals surface area contributed by atoms with E-state index in [0.29, 0.717) is 0 Å². The molecule has 0 radical (unpaired) electrons. The Morgan fingerprint density at radius 2 is 1.34 bits per heavy atom. The highest BCUT2D eigenvalue weighted by atomic mass is 32.2. The van der Waals surface area contributed by atoms with Crippen molar-refractivity contribution in [2.45, 2.75) is 121 Å². The molecule has 6 heteroatoms. The molecule has 0 aromatic heterocycles. The second-order valence-electron chi connectivity index (χ2n) is 12.8. The molecule has 4 aliphatic carbocycles. The largest absolute Gasteiger partial charge is 0.365 e. The summed E-state index contributed by atoms with van der Waals surface area (Å²) < 4.78 is 0. The maximum absolute atomic E-state index is 5.26. The summed E-state index contributed by atoms with van der Waals surface area (Å²) in [6.45, 7) is 6.82. The second-order valence-corrected chi connectivity index (χ2v) is 14.4. The lowest BCUT2D eigenvalue weighted by Crippen LogP contribution is -2.51. The molecule has 0 heterocycles. The van der Waals surface area contributed by atoms with Crippen LogP contribution in [0.4, 0.5) is 0 Å². The molecule has 4 fully saturated rings. The van der Waals surface area contributed by atoms with Crippen LogP contribution in [0.3, 0.4) is 0 Å². The van der Waals surface area contributed by atoms with Crippen molar-refractivity contribution >= 4 is 33.9 Å². The molecule has 0 aromatic rings. The van der Waals surface area contributed by atoms with Crippen molar-refractivity contribution in [3.63, 3.8) is 0 Å². The van der Waals surface area contributed by atoms with Crippen LogP contribution >= 0.6 is 23.5 Å². The SMILES string of the molecule is CS/C(=N\CCCCCN/C(=N\C1(C)CC2CCCC(C2)C1)SC)NC1(C)CC2CCCC(C2)C1. The van der Waals surface area contributed by atoms with Crippen LogP contribution in [0, 0.1) is 23.7 Å². The van der Waals surface area contributed by atoms with E-state index in [1.54, 1.807) is 23.5 Å². The summed E-state index contributed by atoms with van der Waals surface area (Å²) >= 11 is 3.59. The Morgan fingerprint density at radius 1 is 0.771 bits per heavy atom. The van der Waals surface area contributed by atoms with Crippen LogP contribution in [-0.4, -0.2) is 47.0 Å². The molecule has 0 saturated heterocycles. The lowest BCUT2D eigenvalue weighted by Gasteiger charge is -2.46. The number of nitrogens with one attached hydrogen (secondary N) is 2. The molecule has 0 aliphatic heterocycles. The number of thioether (sulfide) groups is 2. The Kier molecular flexibility index (Phi) is 10.2. The van der Waals surface area contributed by atoms with E-state index in [-0.39, 0.29) is 11.1 Å². The Balaban J connectivity index is 1.14. The monoisotopic (exact) mass is 520 g/mol. The van der Waals surface area contributed by atoms with Crippen molar-refractivity contribution in [3.05, 3.63) is 0 Å². The van der Waals surface area contributed by atoms with Crippen LogP contribution in [0.25, 0.3) is 0 Å². The second kappa shape index (κ2) is 12.9. The van der Waals surface area contributed by atoms with Gasteiger partial charge in [0.25, 0.3) is 0 Å². The molecular weight excluding hydrogens is 468 g/mol. The molecule has 4 nitrogen and oxygen atoms in total. The van der Waals surface area contributed by atoms with Crippen molar-refractivity contribution in [1.82, 2.24) is 10.6 Å². The van der Waals surface area contributed by atoms with Crippen molar-refractivity contribution in [2.24, 2.45) is 33.7 Å². The zero-order chi connectivity index (χ0) is 24.7. The van der Waals surface area contributed by atoms with Gasteiger partial charge in [-0.05, 0) is 108 Å². The molecule has 4 atom stereocenters. The first kappa shape index (κ1) is 27.7. The van der Waals surface area contributed by atoms with Crippen LogP contribution in [-0.2, 0) is 0 Å². The van der Waals surface area contributed by atoms with Gasteiger partial charge in [-0.15, -0.1) is 0 Å². The standard InChI is InChI=1S/C29H52N4S2/c1-28(18-22-10-8-11-23(16-22)19-28)32-26(34-3)30-14-6-5-7-15-31-27(35-4)33-29(2)20-24-12-9-13-25(17-24)21-29/h22-25H,5-21H2,1-4H3,(H,30,32)(H,31,33). The third-order valence-corrected chi connectivity index (χ3v) is 10.5. The number of hydrogen-bond donors (Lipinski definition) is 2. The van der Waals surface area contributed by atoms with Gasteiger partial charge in [0.15, 0.2) is 10.3 Å². The van der Waals surface area contributed by atoms with Gasteiger partial charge in [-0.2, -0.15) is 0 Å². The van der Waals surface area contributed by atoms with Gasteiger partial charge in [0.05, 0.1) is 5.54 Å². The van der Waals surface area contributed by atoms with E-state index < -0.39 is 0 Å². The molecule has 0 aromatic carbocycles. The minimum atomic E-state index is 0.156. The van der Waals surface area contributed by atoms with Crippen molar-refractivity contribution in [1.29, 1.82) is 0 Å². The molecule has 4 bridgehead atoms. The Labute approximate surface area is 224 Å². The average molecular weight is 521 g/mol. The van der Waals surface area contributed by atoms with Crippen molar-refractivity contribution in [3.8, 4) is 0 Å². The van der Waals surface area contributed by atoms with E-state index in [2.05, 4.69) is 37.0 Å². The number of amidine groups is 2. The first-order valence-corrected chi connectivity index (χ1v) is 17.1. The van der Waals surface area contributed by atoms with Gasteiger partial charge >= 0.3 is 0 Å². The molecule has 4 aliphatic rings. The summed E-state index contributed by atoms with van der Waals surface area (Å²) in [5.41, 5.74) is 0.407. The predicted molar refractivity (Wildman–Crippen MR) is 158 cm³/mol. The van der Waals surface area contributed by atoms with E-state index in [0.717, 1.165) is 47.1 Å². The minimum Gasteiger partial charge on any atom is -0.365 e.